The number of rotatable bonds is 2. The van der Waals surface area contributed by atoms with Crippen molar-refractivity contribution in [3.63, 3.8) is 0 Å². The molecule has 116 valence electrons. The Morgan fingerprint density at radius 2 is 1.95 bits per heavy atom. The van der Waals surface area contributed by atoms with Crippen molar-refractivity contribution in [2.75, 3.05) is 24.5 Å². The molecule has 1 unspecified atom stereocenters. The minimum atomic E-state index is 0.624. The fraction of sp³-hybridized carbons (Fsp3) is 0.647. The van der Waals surface area contributed by atoms with E-state index in [-0.39, 0.29) is 0 Å². The van der Waals surface area contributed by atoms with Crippen molar-refractivity contribution < 1.29 is 0 Å². The molecule has 1 aromatic carbocycles. The minimum absolute atomic E-state index is 0.624. The van der Waals surface area contributed by atoms with Gasteiger partial charge in [-0.1, -0.05) is 36.9 Å². The summed E-state index contributed by atoms with van der Waals surface area (Å²) in [4.78, 5) is 2.51. The Morgan fingerprint density at radius 3 is 2.76 bits per heavy atom. The van der Waals surface area contributed by atoms with Crippen LogP contribution in [0.15, 0.2) is 22.7 Å². The van der Waals surface area contributed by atoms with Gasteiger partial charge in [0.05, 0.1) is 15.2 Å². The molecule has 1 saturated carbocycles. The smallest absolute Gasteiger partial charge is 0.0595 e. The van der Waals surface area contributed by atoms with Gasteiger partial charge in [-0.3, -0.25) is 0 Å². The van der Waals surface area contributed by atoms with Crippen molar-refractivity contribution in [2.45, 2.75) is 44.6 Å². The predicted octanol–water partition coefficient (Wildman–Crippen LogP) is 4.85. The molecule has 0 radical (unpaired) electrons. The van der Waals surface area contributed by atoms with E-state index < -0.39 is 0 Å². The average molecular weight is 372 g/mol. The first-order chi connectivity index (χ1) is 10.3. The maximum Gasteiger partial charge on any atom is 0.0595 e. The third kappa shape index (κ3) is 3.75. The summed E-state index contributed by atoms with van der Waals surface area (Å²) in [6.45, 7) is 3.34. The average Bonchev–Trinajstić information content (AvgIpc) is 2.77. The zero-order valence-corrected chi connectivity index (χ0v) is 14.8. The molecule has 0 spiro atoms. The summed E-state index contributed by atoms with van der Waals surface area (Å²) in [5.74, 6) is 0.845. The number of nitrogens with one attached hydrogen (secondary N) is 1. The molecule has 1 aliphatic carbocycles. The second-order valence-electron chi connectivity index (χ2n) is 6.33. The van der Waals surface area contributed by atoms with Gasteiger partial charge in [0.15, 0.2) is 0 Å². The van der Waals surface area contributed by atoms with Crippen LogP contribution in [0.1, 0.15) is 38.5 Å². The van der Waals surface area contributed by atoms with Crippen molar-refractivity contribution in [3.05, 3.63) is 27.7 Å². The van der Waals surface area contributed by atoms with Crippen LogP contribution in [0.3, 0.4) is 0 Å². The van der Waals surface area contributed by atoms with E-state index in [0.29, 0.717) is 6.04 Å². The Kier molecular flexibility index (Phi) is 5.47. The molecular weight excluding hydrogens is 348 g/mol. The lowest BCUT2D eigenvalue weighted by Gasteiger charge is -2.34. The van der Waals surface area contributed by atoms with Crippen LogP contribution in [-0.2, 0) is 0 Å². The highest BCUT2D eigenvalue weighted by Crippen LogP contribution is 2.34. The monoisotopic (exact) mass is 370 g/mol. The molecule has 21 heavy (non-hydrogen) atoms. The molecule has 0 aromatic heterocycles. The lowest BCUT2D eigenvalue weighted by atomic mass is 9.83. The van der Waals surface area contributed by atoms with Gasteiger partial charge in [0.1, 0.15) is 0 Å². The minimum Gasteiger partial charge on any atom is -0.369 e. The van der Waals surface area contributed by atoms with Crippen LogP contribution in [0.4, 0.5) is 5.69 Å². The van der Waals surface area contributed by atoms with Gasteiger partial charge in [0.25, 0.3) is 0 Å². The molecule has 1 N–H and O–H groups in total. The Labute approximate surface area is 141 Å². The molecule has 1 heterocycles. The van der Waals surface area contributed by atoms with Crippen LogP contribution < -0.4 is 10.2 Å². The molecule has 2 fully saturated rings. The lowest BCUT2D eigenvalue weighted by Crippen LogP contribution is -2.43. The lowest BCUT2D eigenvalue weighted by molar-refractivity contribution is 0.277. The Balaban J connectivity index is 1.76. The number of nitrogens with zero attached hydrogens (tertiary/aromatic N) is 1. The number of anilines is 1. The highest BCUT2D eigenvalue weighted by atomic mass is 79.9. The van der Waals surface area contributed by atoms with Gasteiger partial charge in [-0.05, 0) is 59.8 Å². The maximum absolute atomic E-state index is 6.27. The highest BCUT2D eigenvalue weighted by molar-refractivity contribution is 9.10. The van der Waals surface area contributed by atoms with Crippen molar-refractivity contribution in [2.24, 2.45) is 5.92 Å². The summed E-state index contributed by atoms with van der Waals surface area (Å²) < 4.78 is 1.04. The Bertz CT molecular complexity index is 474. The molecule has 0 bridgehead atoms. The van der Waals surface area contributed by atoms with Crippen LogP contribution >= 0.6 is 27.5 Å². The topological polar surface area (TPSA) is 15.3 Å². The summed E-state index contributed by atoms with van der Waals surface area (Å²) in [5.41, 5.74) is 1.24. The van der Waals surface area contributed by atoms with Gasteiger partial charge in [0, 0.05) is 19.1 Å². The van der Waals surface area contributed by atoms with E-state index in [9.17, 15) is 0 Å². The van der Waals surface area contributed by atoms with Gasteiger partial charge in [-0.15, -0.1) is 0 Å². The van der Waals surface area contributed by atoms with Crippen LogP contribution in [0.25, 0.3) is 0 Å². The van der Waals surface area contributed by atoms with Gasteiger partial charge >= 0.3 is 0 Å². The molecular formula is C17H24BrClN2. The quantitative estimate of drug-likeness (QED) is 0.799. The fourth-order valence-electron chi connectivity index (χ4n) is 3.76. The molecule has 1 atom stereocenters. The summed E-state index contributed by atoms with van der Waals surface area (Å²) in [6, 6.07) is 6.80. The fourth-order valence-corrected chi connectivity index (χ4v) is 4.44. The first kappa shape index (κ1) is 15.6. The van der Waals surface area contributed by atoms with Gasteiger partial charge in [-0.25, -0.2) is 0 Å². The first-order valence-electron chi connectivity index (χ1n) is 8.18. The van der Waals surface area contributed by atoms with Crippen LogP contribution in [-0.4, -0.2) is 25.7 Å². The maximum atomic E-state index is 6.27. The van der Waals surface area contributed by atoms with Crippen LogP contribution in [0.5, 0.6) is 0 Å². The summed E-state index contributed by atoms with van der Waals surface area (Å²) in [7, 11) is 0. The van der Waals surface area contributed by atoms with E-state index in [2.05, 4.69) is 38.3 Å². The summed E-state index contributed by atoms with van der Waals surface area (Å²) in [5, 5.41) is 4.60. The van der Waals surface area contributed by atoms with E-state index in [1.54, 1.807) is 0 Å². The Hall–Kier alpha value is -0.250. The van der Waals surface area contributed by atoms with E-state index in [1.807, 2.05) is 6.07 Å². The zero-order valence-electron chi connectivity index (χ0n) is 12.5. The van der Waals surface area contributed by atoms with E-state index in [1.165, 1.54) is 44.2 Å². The molecule has 2 nitrogen and oxygen atoms in total. The SMILES string of the molecule is Clc1cccc(N2CCCNC(C3CCCCC3)C2)c1Br. The standard InChI is InChI=1S/C17H24BrClN2/c18-17-14(19)8-4-9-16(17)21-11-5-10-20-15(12-21)13-6-2-1-3-7-13/h4,8-9,13,15,20H,1-3,5-7,10-12H2. The van der Waals surface area contributed by atoms with Crippen LogP contribution in [0, 0.1) is 5.92 Å². The third-order valence-electron chi connectivity index (χ3n) is 4.92. The van der Waals surface area contributed by atoms with E-state index >= 15 is 0 Å². The third-order valence-corrected chi connectivity index (χ3v) is 6.30. The number of hydrogen-bond acceptors (Lipinski definition) is 2. The van der Waals surface area contributed by atoms with Crippen LogP contribution in [0.2, 0.25) is 5.02 Å². The van der Waals surface area contributed by atoms with E-state index in [0.717, 1.165) is 35.0 Å². The summed E-state index contributed by atoms with van der Waals surface area (Å²) >= 11 is 9.93. The number of benzene rings is 1. The molecule has 4 heteroatoms. The first-order valence-corrected chi connectivity index (χ1v) is 9.35. The van der Waals surface area contributed by atoms with Crippen molar-refractivity contribution in [1.29, 1.82) is 0 Å². The van der Waals surface area contributed by atoms with Crippen molar-refractivity contribution in [1.82, 2.24) is 5.32 Å². The molecule has 3 rings (SSSR count). The second-order valence-corrected chi connectivity index (χ2v) is 7.53. The van der Waals surface area contributed by atoms with Gasteiger partial charge in [0.2, 0.25) is 0 Å². The highest BCUT2D eigenvalue weighted by Gasteiger charge is 2.27. The number of halogens is 2. The van der Waals surface area contributed by atoms with Gasteiger partial charge < -0.3 is 10.2 Å². The summed E-state index contributed by atoms with van der Waals surface area (Å²) in [6.07, 6.45) is 8.22. The predicted molar refractivity (Wildman–Crippen MR) is 94.3 cm³/mol. The number of hydrogen-bond donors (Lipinski definition) is 1. The Morgan fingerprint density at radius 1 is 1.14 bits per heavy atom. The second kappa shape index (κ2) is 7.34. The van der Waals surface area contributed by atoms with E-state index in [4.69, 9.17) is 11.6 Å². The molecule has 1 aromatic rings. The normalized spacial score (nSPS) is 24.9. The molecule has 1 saturated heterocycles. The van der Waals surface area contributed by atoms with Crippen molar-refractivity contribution in [3.8, 4) is 0 Å². The molecule has 1 aliphatic heterocycles. The largest absolute Gasteiger partial charge is 0.369 e. The van der Waals surface area contributed by atoms with Gasteiger partial charge in [-0.2, -0.15) is 0 Å². The molecule has 0 amide bonds. The van der Waals surface area contributed by atoms with Crippen molar-refractivity contribution >= 4 is 33.2 Å². The molecule has 2 aliphatic rings. The zero-order chi connectivity index (χ0) is 14.7.